The van der Waals surface area contributed by atoms with Crippen molar-refractivity contribution in [3.63, 3.8) is 0 Å². The third-order valence-corrected chi connectivity index (χ3v) is 22.1. The Morgan fingerprint density at radius 3 is 1.01 bits per heavy atom. The quantitative estimate of drug-likeness (QED) is 0.0178. The van der Waals surface area contributed by atoms with Crippen molar-refractivity contribution in [2.75, 3.05) is 13.1 Å². The van der Waals surface area contributed by atoms with Crippen molar-refractivity contribution >= 4 is 138 Å². The molecule has 8 aromatic carbocycles. The van der Waals surface area contributed by atoms with Gasteiger partial charge < -0.3 is 40.4 Å². The van der Waals surface area contributed by atoms with Crippen molar-refractivity contribution in [3.8, 4) is 23.5 Å². The predicted molar refractivity (Wildman–Crippen MR) is 523 cm³/mol. The molecule has 19 rings (SSSR count). The number of rotatable bonds is 26. The Hall–Kier alpha value is -18.0. The second-order valence-corrected chi connectivity index (χ2v) is 32.2. The van der Waals surface area contributed by atoms with Gasteiger partial charge in [-0.1, -0.05) is 92.4 Å². The molecule has 0 amide bonds. The van der Waals surface area contributed by atoms with E-state index < -0.39 is 0 Å². The van der Waals surface area contributed by atoms with E-state index in [1.807, 2.05) is 76.3 Å². The second-order valence-electron chi connectivity index (χ2n) is 32.2. The van der Waals surface area contributed by atoms with Crippen LogP contribution in [0.3, 0.4) is 0 Å². The number of nitrogens with one attached hydrogen (secondary N) is 6. The minimum absolute atomic E-state index is 0. The third kappa shape index (κ3) is 21.7. The molecule has 0 atom stereocenters. The Morgan fingerprint density at radius 2 is 0.721 bits per heavy atom. The number of fused-ring (bicyclic) bond motifs is 4. The van der Waals surface area contributed by atoms with Crippen molar-refractivity contribution in [2.45, 2.75) is 74.3 Å². The van der Waals surface area contributed by atoms with Crippen LogP contribution in [0.5, 0.6) is 23.5 Å². The standard InChI is InChI=1S/C28H26N6O3.C26H22N6O3.C26H21N5O3.C23H19N3O3.CH4/c1-4-34-24(10-17(3)33-34)25(35)13-18-6-5-7-19(12-18)27(36)20-8-9-23-21(14-20)22(28(37)30-23)15-29-26-11-16(2)31-32-26;1-15-8-24(31-30-15)27-13-21-20-11-18(6-7-22(20)29-26(21)35)25(34)17-5-3-4-16(9-17)10-23(33)19-12-28-32(2)14-19;1-31-15-19(13-29-31)23(32)11-16-4-2-5-17(10-16)25(33)18-7-8-22-20(12-18)21(26(34)30-22)14-28-24-6-3-9-27-24;1-14(27)10-15-4-2-5-16(11-15)22(28)17-7-8-20-18(12-17)19(23(29)26-20)13-25-21-6-3-9-24-21;/h5-12,14-15,30,37H,4,13H2,1-3H3,(H,31,32);3-9,11-14,29,35H,10H2,1-2H3,(H,30,31);2-8,10,12-15,30,34H,9,11H2,1H3;2-8,11-13,26,29H,9-10H2,1H3;1H4. The molecule has 0 bridgehead atoms. The van der Waals surface area contributed by atoms with Crippen molar-refractivity contribution in [1.29, 1.82) is 0 Å². The molecule has 0 spiro atoms. The van der Waals surface area contributed by atoms with Gasteiger partial charge in [-0.05, 0) is 172 Å². The zero-order valence-electron chi connectivity index (χ0n) is 74.1. The molecule has 0 fully saturated rings. The Kier molecular flexibility index (Phi) is 28.0. The van der Waals surface area contributed by atoms with Gasteiger partial charge in [-0.3, -0.25) is 72.6 Å². The van der Waals surface area contributed by atoms with Crippen molar-refractivity contribution in [3.05, 3.63) is 360 Å². The molecule has 2 aliphatic heterocycles. The summed E-state index contributed by atoms with van der Waals surface area (Å²) in [5.41, 5.74) is 15.7. The van der Waals surface area contributed by atoms with Crippen LogP contribution in [0.4, 0.5) is 11.6 Å². The van der Waals surface area contributed by atoms with Gasteiger partial charge >= 0.3 is 0 Å². The number of nitrogens with zero attached hydrogens (tertiary/aromatic N) is 14. The zero-order chi connectivity index (χ0) is 94.7. The lowest BCUT2D eigenvalue weighted by Crippen LogP contribution is -2.12. The number of ketones is 8. The number of aromatic nitrogens is 14. The van der Waals surface area contributed by atoms with Crippen molar-refractivity contribution in [1.82, 2.24) is 69.7 Å². The molecule has 680 valence electrons. The highest BCUT2D eigenvalue weighted by Gasteiger charge is 2.24. The SMILES string of the molecule is C.CC(=O)Cc1cccc(C(=O)c2ccc3[nH]c(O)c(C=NC4=NCC=C4)c3c2)c1.CCn1nc(C)cc1C(=O)Cc1cccc(C(=O)c2ccc3[nH]c(O)c(C=Nc4cc(C)[nH]n4)c3c2)c1.Cc1cc(N=Cc2c(O)[nH]c3ccc(C(=O)c4cccc(CC(=O)c5cnn(C)c5)c4)cc23)n[nH]1.Cn1cc(C(=O)Cc2cccc(C(=O)c3ccc4[nH]c(O)c(C=NC5=NCC=C5)c4c3)c2)cn1. The molecule has 32 heteroatoms. The first kappa shape index (κ1) is 92.7. The molecule has 17 aromatic rings. The van der Waals surface area contributed by atoms with E-state index in [0.717, 1.165) is 39.3 Å². The molecule has 0 saturated heterocycles. The zero-order valence-corrected chi connectivity index (χ0v) is 74.1. The molecule has 2 aliphatic rings. The number of amidine groups is 2. The monoisotopic (exact) mass is 1810 g/mol. The van der Waals surface area contributed by atoms with E-state index in [4.69, 9.17) is 0 Å². The highest BCUT2D eigenvalue weighted by Crippen LogP contribution is 2.34. The van der Waals surface area contributed by atoms with Crippen molar-refractivity contribution in [2.24, 2.45) is 44.0 Å². The molecular formula is C104H92N20O12. The van der Waals surface area contributed by atoms with Crippen LogP contribution < -0.4 is 0 Å². The van der Waals surface area contributed by atoms with Gasteiger partial charge in [-0.2, -0.15) is 25.5 Å². The highest BCUT2D eigenvalue weighted by molar-refractivity contribution is 6.18. The van der Waals surface area contributed by atoms with Crippen LogP contribution in [-0.2, 0) is 51.1 Å². The fourth-order valence-corrected chi connectivity index (χ4v) is 15.5. The lowest BCUT2D eigenvalue weighted by molar-refractivity contribution is -0.116. The number of aromatic amines is 6. The minimum Gasteiger partial charge on any atom is -0.494 e. The second kappa shape index (κ2) is 41.0. The van der Waals surface area contributed by atoms with Crippen LogP contribution in [-0.4, -0.2) is 186 Å². The predicted octanol–water partition coefficient (Wildman–Crippen LogP) is 16.8. The number of H-pyrrole nitrogens is 6. The Labute approximate surface area is 777 Å². The van der Waals surface area contributed by atoms with Gasteiger partial charge in [0.25, 0.3) is 0 Å². The Morgan fingerprint density at radius 1 is 0.397 bits per heavy atom. The summed E-state index contributed by atoms with van der Waals surface area (Å²) in [5, 5.41) is 70.3. The van der Waals surface area contributed by atoms with E-state index >= 15 is 0 Å². The molecule has 136 heavy (non-hydrogen) atoms. The normalized spacial score (nSPS) is 12.2. The number of carbonyl (C=O) groups is 8. The van der Waals surface area contributed by atoms with E-state index in [1.165, 1.54) is 31.7 Å². The molecule has 0 radical (unpaired) electrons. The average Bonchev–Trinajstić information content (AvgIpc) is 1.63. The van der Waals surface area contributed by atoms with E-state index in [2.05, 4.69) is 85.6 Å². The van der Waals surface area contributed by atoms with E-state index in [0.29, 0.717) is 177 Å². The van der Waals surface area contributed by atoms with Crippen molar-refractivity contribution < 1.29 is 58.8 Å². The van der Waals surface area contributed by atoms with Crippen LogP contribution in [0.15, 0.2) is 267 Å². The summed E-state index contributed by atoms with van der Waals surface area (Å²) in [7, 11) is 3.51. The summed E-state index contributed by atoms with van der Waals surface area (Å²) in [6, 6.07) is 54.4. The number of benzene rings is 8. The first-order valence-electron chi connectivity index (χ1n) is 42.8. The molecule has 11 heterocycles. The molecule has 10 N–H and O–H groups in total. The summed E-state index contributed by atoms with van der Waals surface area (Å²) in [6.45, 7) is 10.9. The molecule has 0 unspecified atom stereocenters. The number of carbonyl (C=O) groups excluding carboxylic acids is 8. The van der Waals surface area contributed by atoms with Crippen LogP contribution in [0.2, 0.25) is 0 Å². The fraction of sp³-hybridized carbons (Fsp3) is 0.144. The average molecular weight is 1810 g/mol. The topological polar surface area (TPSA) is 466 Å². The lowest BCUT2D eigenvalue weighted by atomic mass is 9.97. The van der Waals surface area contributed by atoms with Crippen LogP contribution in [0, 0.1) is 20.8 Å². The molecule has 0 saturated carbocycles. The van der Waals surface area contributed by atoms with Crippen LogP contribution in [0.1, 0.15) is 178 Å². The molecule has 32 nitrogen and oxygen atoms in total. The minimum atomic E-state index is -0.186. The van der Waals surface area contributed by atoms with Gasteiger partial charge in [0.1, 0.15) is 23.1 Å². The van der Waals surface area contributed by atoms with E-state index in [1.54, 1.807) is 217 Å². The van der Waals surface area contributed by atoms with Gasteiger partial charge in [0.2, 0.25) is 0 Å². The smallest absolute Gasteiger partial charge is 0.198 e. The number of hydrogen-bond donors (Lipinski definition) is 10. The highest BCUT2D eigenvalue weighted by atomic mass is 16.3. The molecular weight excluding hydrogens is 1720 g/mol. The summed E-state index contributed by atoms with van der Waals surface area (Å²) < 4.78 is 4.86. The van der Waals surface area contributed by atoms with E-state index in [-0.39, 0.29) is 96.5 Å². The first-order chi connectivity index (χ1) is 65.2. The molecule has 9 aromatic heterocycles. The number of aromatic hydroxyl groups is 4. The molecule has 0 aliphatic carbocycles. The van der Waals surface area contributed by atoms with Gasteiger partial charge in [0.15, 0.2) is 75.6 Å². The van der Waals surface area contributed by atoms with Crippen LogP contribution >= 0.6 is 0 Å². The Balaban J connectivity index is 0.000000138. The number of aryl methyl sites for hydroxylation is 6. The number of Topliss-reactive ketones (excluding diaryl/α,β-unsaturated/α-hetero) is 4. The maximum Gasteiger partial charge on any atom is 0.198 e. The van der Waals surface area contributed by atoms with Gasteiger partial charge in [-0.25, -0.2) is 20.0 Å². The summed E-state index contributed by atoms with van der Waals surface area (Å²) >= 11 is 0. The third-order valence-electron chi connectivity index (χ3n) is 22.1. The lowest BCUT2D eigenvalue weighted by Gasteiger charge is -2.07. The van der Waals surface area contributed by atoms with Gasteiger partial charge in [0.05, 0.1) is 64.6 Å². The maximum atomic E-state index is 13.4. The van der Waals surface area contributed by atoms with Gasteiger partial charge in [-0.15, -0.1) is 0 Å². The van der Waals surface area contributed by atoms with Gasteiger partial charge in [0, 0.05) is 195 Å². The Bertz CT molecular complexity index is 7820. The first-order valence-corrected chi connectivity index (χ1v) is 42.8. The largest absolute Gasteiger partial charge is 0.494 e. The van der Waals surface area contributed by atoms with Crippen LogP contribution in [0.25, 0.3) is 43.6 Å². The fourth-order valence-electron chi connectivity index (χ4n) is 15.5. The number of hydrogen-bond acceptors (Lipinski definition) is 23. The van der Waals surface area contributed by atoms with E-state index in [9.17, 15) is 58.8 Å². The summed E-state index contributed by atoms with van der Waals surface area (Å²) in [6.07, 6.45) is 20.8. The summed E-state index contributed by atoms with van der Waals surface area (Å²) in [4.78, 5) is 140. The maximum absolute atomic E-state index is 13.4. The summed E-state index contributed by atoms with van der Waals surface area (Å²) in [5.74, 6) is 1.19. The number of aliphatic imine (C=N–C) groups is 6.